The van der Waals surface area contributed by atoms with Crippen LogP contribution in [0.25, 0.3) is 0 Å². The fourth-order valence-electron chi connectivity index (χ4n) is 4.31. The largest absolute Gasteiger partial charge is 0.481 e. The summed E-state index contributed by atoms with van der Waals surface area (Å²) >= 11 is 0. The van der Waals surface area contributed by atoms with Gasteiger partial charge in [0.2, 0.25) is 0 Å². The molecule has 21 heavy (non-hydrogen) atoms. The first-order chi connectivity index (χ1) is 9.93. The highest BCUT2D eigenvalue weighted by Crippen LogP contribution is 2.48. The Labute approximate surface area is 126 Å². The molecule has 2 aliphatic carbocycles. The van der Waals surface area contributed by atoms with Crippen molar-refractivity contribution in [3.8, 4) is 0 Å². The molecule has 0 spiro atoms. The van der Waals surface area contributed by atoms with Crippen LogP contribution in [-0.4, -0.2) is 24.2 Å². The molecule has 0 aromatic heterocycles. The van der Waals surface area contributed by atoms with Gasteiger partial charge in [-0.1, -0.05) is 25.0 Å². The highest BCUT2D eigenvalue weighted by molar-refractivity contribution is 5.79. The van der Waals surface area contributed by atoms with Gasteiger partial charge in [-0.05, 0) is 49.9 Å². The second-order valence-corrected chi connectivity index (χ2v) is 6.74. The molecule has 0 aromatic rings. The zero-order valence-corrected chi connectivity index (χ0v) is 13.2. The maximum absolute atomic E-state index is 12.1. The molecule has 0 bridgehead atoms. The average Bonchev–Trinajstić information content (AvgIpc) is 2.44. The maximum atomic E-state index is 12.1. The summed E-state index contributed by atoms with van der Waals surface area (Å²) in [4.78, 5) is 23.2. The van der Waals surface area contributed by atoms with Crippen molar-refractivity contribution in [2.45, 2.75) is 46.0 Å². The first kappa shape index (κ1) is 16.1. The Morgan fingerprint density at radius 3 is 2.71 bits per heavy atom. The highest BCUT2D eigenvalue weighted by Gasteiger charge is 2.44. The van der Waals surface area contributed by atoms with Crippen LogP contribution in [0.5, 0.6) is 0 Å². The number of allylic oxidation sites excluding steroid dienone is 2. The fourth-order valence-corrected chi connectivity index (χ4v) is 4.31. The van der Waals surface area contributed by atoms with E-state index in [4.69, 9.17) is 9.84 Å². The standard InChI is InChI=1S/C17H26O4/c1-10-4-6-12-11(2)5-7-13(14(12)8-10)15(9-16(18)19)17(20)21-3/h8,11-15H,4-7,9H2,1-3H3,(H,18,19)/t11-,12+,13-,14+,15-/m1/s1. The molecule has 0 aliphatic heterocycles. The third kappa shape index (κ3) is 3.47. The summed E-state index contributed by atoms with van der Waals surface area (Å²) in [5, 5.41) is 9.14. The number of hydrogen-bond acceptors (Lipinski definition) is 3. The topological polar surface area (TPSA) is 63.6 Å². The summed E-state index contributed by atoms with van der Waals surface area (Å²) in [5.41, 5.74) is 1.37. The Morgan fingerprint density at radius 2 is 2.10 bits per heavy atom. The van der Waals surface area contributed by atoms with E-state index in [1.165, 1.54) is 12.7 Å². The summed E-state index contributed by atoms with van der Waals surface area (Å²) in [6.07, 6.45) is 6.45. The molecule has 4 nitrogen and oxygen atoms in total. The van der Waals surface area contributed by atoms with Crippen LogP contribution in [0.3, 0.4) is 0 Å². The van der Waals surface area contributed by atoms with Crippen LogP contribution < -0.4 is 0 Å². The van der Waals surface area contributed by atoms with E-state index in [0.717, 1.165) is 25.7 Å². The second kappa shape index (κ2) is 6.63. The van der Waals surface area contributed by atoms with Crippen LogP contribution >= 0.6 is 0 Å². The molecule has 1 fully saturated rings. The Bertz CT molecular complexity index is 440. The molecule has 0 heterocycles. The predicted octanol–water partition coefficient (Wildman–Crippen LogP) is 3.27. The van der Waals surface area contributed by atoms with Crippen LogP contribution in [0.1, 0.15) is 46.0 Å². The second-order valence-electron chi connectivity index (χ2n) is 6.74. The summed E-state index contributed by atoms with van der Waals surface area (Å²) in [5.74, 6) is -0.151. The fraction of sp³-hybridized carbons (Fsp3) is 0.765. The van der Waals surface area contributed by atoms with Crippen LogP contribution in [0.4, 0.5) is 0 Å². The van der Waals surface area contributed by atoms with E-state index in [2.05, 4.69) is 19.9 Å². The van der Waals surface area contributed by atoms with Crippen LogP contribution in [-0.2, 0) is 14.3 Å². The molecule has 5 atom stereocenters. The van der Waals surface area contributed by atoms with E-state index >= 15 is 0 Å². The third-order valence-corrected chi connectivity index (χ3v) is 5.44. The Balaban J connectivity index is 2.27. The predicted molar refractivity (Wildman–Crippen MR) is 79.6 cm³/mol. The van der Waals surface area contributed by atoms with Crippen LogP contribution in [0.2, 0.25) is 0 Å². The number of hydrogen-bond donors (Lipinski definition) is 1. The molecule has 118 valence electrons. The van der Waals surface area contributed by atoms with Gasteiger partial charge in [0.1, 0.15) is 0 Å². The van der Waals surface area contributed by atoms with Gasteiger partial charge in [-0.25, -0.2) is 0 Å². The van der Waals surface area contributed by atoms with Gasteiger partial charge < -0.3 is 9.84 Å². The lowest BCUT2D eigenvalue weighted by Gasteiger charge is -2.45. The van der Waals surface area contributed by atoms with Gasteiger partial charge in [-0.2, -0.15) is 0 Å². The highest BCUT2D eigenvalue weighted by atomic mass is 16.5. The molecule has 0 saturated heterocycles. The number of ether oxygens (including phenoxy) is 1. The van der Waals surface area contributed by atoms with Crippen molar-refractivity contribution in [2.75, 3.05) is 7.11 Å². The van der Waals surface area contributed by atoms with Gasteiger partial charge >= 0.3 is 11.9 Å². The minimum absolute atomic E-state index is 0.102. The van der Waals surface area contributed by atoms with Crippen molar-refractivity contribution in [1.29, 1.82) is 0 Å². The number of methoxy groups -OCH3 is 1. The van der Waals surface area contributed by atoms with Crippen molar-refractivity contribution >= 4 is 11.9 Å². The average molecular weight is 294 g/mol. The number of rotatable bonds is 4. The van der Waals surface area contributed by atoms with E-state index in [1.54, 1.807) is 0 Å². The Hall–Kier alpha value is -1.32. The molecule has 0 aromatic carbocycles. The third-order valence-electron chi connectivity index (χ3n) is 5.44. The molecule has 1 saturated carbocycles. The van der Waals surface area contributed by atoms with E-state index in [-0.39, 0.29) is 18.3 Å². The van der Waals surface area contributed by atoms with Gasteiger partial charge in [0.15, 0.2) is 0 Å². The number of fused-ring (bicyclic) bond motifs is 1. The number of carbonyl (C=O) groups is 2. The van der Waals surface area contributed by atoms with E-state index in [0.29, 0.717) is 17.8 Å². The van der Waals surface area contributed by atoms with E-state index in [1.807, 2.05) is 0 Å². The summed E-state index contributed by atoms with van der Waals surface area (Å²) in [7, 11) is 1.35. The molecule has 2 rings (SSSR count). The van der Waals surface area contributed by atoms with Crippen molar-refractivity contribution < 1.29 is 19.4 Å². The van der Waals surface area contributed by atoms with Crippen molar-refractivity contribution in [3.63, 3.8) is 0 Å². The van der Waals surface area contributed by atoms with Crippen molar-refractivity contribution in [3.05, 3.63) is 11.6 Å². The SMILES string of the molecule is COC(=O)[C@H](CC(=O)O)[C@@H]1CC[C@@H](C)[C@@H]2CCC(C)=C[C@@H]21. The number of esters is 1. The lowest BCUT2D eigenvalue weighted by molar-refractivity contribution is -0.154. The molecule has 1 N–H and O–H groups in total. The quantitative estimate of drug-likeness (QED) is 0.638. The zero-order valence-electron chi connectivity index (χ0n) is 13.2. The number of carboxylic acids is 1. The van der Waals surface area contributed by atoms with Gasteiger partial charge in [0, 0.05) is 0 Å². The number of carbonyl (C=O) groups excluding carboxylic acids is 1. The van der Waals surface area contributed by atoms with Crippen LogP contribution in [0, 0.1) is 29.6 Å². The minimum Gasteiger partial charge on any atom is -0.481 e. The molecule has 0 unspecified atom stereocenters. The zero-order chi connectivity index (χ0) is 15.6. The monoisotopic (exact) mass is 294 g/mol. The Morgan fingerprint density at radius 1 is 1.38 bits per heavy atom. The minimum atomic E-state index is -0.919. The maximum Gasteiger partial charge on any atom is 0.309 e. The first-order valence-corrected chi connectivity index (χ1v) is 7.91. The van der Waals surface area contributed by atoms with E-state index in [9.17, 15) is 9.59 Å². The summed E-state index contributed by atoms with van der Waals surface area (Å²) in [6.45, 7) is 4.42. The van der Waals surface area contributed by atoms with Crippen molar-refractivity contribution in [1.82, 2.24) is 0 Å². The van der Waals surface area contributed by atoms with Gasteiger partial charge in [-0.3, -0.25) is 9.59 Å². The normalized spacial score (nSPS) is 33.6. The molecule has 0 radical (unpaired) electrons. The van der Waals surface area contributed by atoms with E-state index < -0.39 is 11.9 Å². The Kier molecular flexibility index (Phi) is 5.07. The first-order valence-electron chi connectivity index (χ1n) is 7.91. The number of carboxylic acid groups (broad SMARTS) is 1. The smallest absolute Gasteiger partial charge is 0.309 e. The molecule has 2 aliphatic rings. The molecular weight excluding hydrogens is 268 g/mol. The summed E-state index contributed by atoms with van der Waals surface area (Å²) in [6, 6.07) is 0. The van der Waals surface area contributed by atoms with Gasteiger partial charge in [0.05, 0.1) is 19.4 Å². The van der Waals surface area contributed by atoms with Crippen molar-refractivity contribution in [2.24, 2.45) is 29.6 Å². The molecule has 4 heteroatoms. The van der Waals surface area contributed by atoms with Gasteiger partial charge in [-0.15, -0.1) is 0 Å². The molecule has 0 amide bonds. The number of aliphatic carboxylic acids is 1. The molecular formula is C17H26O4. The van der Waals surface area contributed by atoms with Crippen LogP contribution in [0.15, 0.2) is 11.6 Å². The lowest BCUT2D eigenvalue weighted by atomic mass is 9.59. The lowest BCUT2D eigenvalue weighted by Crippen LogP contribution is -2.41. The summed E-state index contributed by atoms with van der Waals surface area (Å²) < 4.78 is 4.88. The van der Waals surface area contributed by atoms with Gasteiger partial charge in [0.25, 0.3) is 0 Å².